The first-order valence-corrected chi connectivity index (χ1v) is 7.89. The molecule has 1 heterocycles. The van der Waals surface area contributed by atoms with Gasteiger partial charge in [-0.05, 0) is 63.3 Å². The zero-order chi connectivity index (χ0) is 14.9. The van der Waals surface area contributed by atoms with Gasteiger partial charge in [0.1, 0.15) is 11.3 Å². The van der Waals surface area contributed by atoms with E-state index in [9.17, 15) is 4.79 Å². The highest BCUT2D eigenvalue weighted by Gasteiger charge is 2.62. The van der Waals surface area contributed by atoms with E-state index in [0.29, 0.717) is 12.5 Å². The van der Waals surface area contributed by atoms with E-state index in [1.54, 1.807) is 0 Å². The number of amides is 1. The van der Waals surface area contributed by atoms with Gasteiger partial charge in [-0.3, -0.25) is 4.79 Å². The largest absolute Gasteiger partial charge is 0.491 e. The maximum absolute atomic E-state index is 12.2. The molecule has 4 nitrogen and oxygen atoms in total. The smallest absolute Gasteiger partial charge is 0.240 e. The molecule has 4 heteroatoms. The third-order valence-corrected chi connectivity index (χ3v) is 4.44. The maximum Gasteiger partial charge on any atom is 0.240 e. The fourth-order valence-corrected chi connectivity index (χ4v) is 3.21. The van der Waals surface area contributed by atoms with Gasteiger partial charge in [-0.1, -0.05) is 12.1 Å². The second-order valence-electron chi connectivity index (χ2n) is 6.40. The normalized spacial score (nSPS) is 26.5. The standard InChI is InChI=1S/C17H24N2O2/c1-12(2)21-15-5-3-13(4-6-15)7-9-18-16(20)17-11-14(17)8-10-19-17/h3-6,12,14,19H,7-11H2,1-2H3,(H,18,20)/t14-,17+/m1/s1. The Morgan fingerprint density at radius 3 is 2.76 bits per heavy atom. The summed E-state index contributed by atoms with van der Waals surface area (Å²) in [4.78, 5) is 12.2. The van der Waals surface area contributed by atoms with Crippen LogP contribution in [-0.4, -0.2) is 30.6 Å². The van der Waals surface area contributed by atoms with Gasteiger partial charge in [-0.15, -0.1) is 0 Å². The second kappa shape index (κ2) is 5.68. The summed E-state index contributed by atoms with van der Waals surface area (Å²) in [6, 6.07) is 8.11. The molecule has 0 bridgehead atoms. The van der Waals surface area contributed by atoms with E-state index in [-0.39, 0.29) is 17.6 Å². The lowest BCUT2D eigenvalue weighted by molar-refractivity contribution is -0.124. The number of ether oxygens (including phenoxy) is 1. The molecule has 1 saturated heterocycles. The summed E-state index contributed by atoms with van der Waals surface area (Å²) < 4.78 is 5.62. The third kappa shape index (κ3) is 3.05. The highest BCUT2D eigenvalue weighted by molar-refractivity contribution is 5.90. The predicted molar refractivity (Wildman–Crippen MR) is 82.4 cm³/mol. The molecule has 1 aromatic rings. The lowest BCUT2D eigenvalue weighted by atomic mass is 10.1. The Hall–Kier alpha value is -1.55. The number of piperidine rings is 1. The van der Waals surface area contributed by atoms with E-state index >= 15 is 0 Å². The van der Waals surface area contributed by atoms with Crippen molar-refractivity contribution in [2.24, 2.45) is 5.92 Å². The van der Waals surface area contributed by atoms with Gasteiger partial charge in [-0.2, -0.15) is 0 Å². The topological polar surface area (TPSA) is 50.4 Å². The fourth-order valence-electron chi connectivity index (χ4n) is 3.21. The molecule has 1 amide bonds. The molecule has 0 radical (unpaired) electrons. The molecular weight excluding hydrogens is 264 g/mol. The third-order valence-electron chi connectivity index (χ3n) is 4.44. The highest BCUT2D eigenvalue weighted by Crippen LogP contribution is 2.49. The minimum Gasteiger partial charge on any atom is -0.491 e. The zero-order valence-electron chi connectivity index (χ0n) is 12.8. The summed E-state index contributed by atoms with van der Waals surface area (Å²) in [5, 5.41) is 6.42. The number of carbonyl (C=O) groups is 1. The van der Waals surface area contributed by atoms with Crippen LogP contribution in [0.3, 0.4) is 0 Å². The lowest BCUT2D eigenvalue weighted by Gasteiger charge is -2.14. The van der Waals surface area contributed by atoms with Crippen LogP contribution in [0, 0.1) is 5.92 Å². The zero-order valence-corrected chi connectivity index (χ0v) is 12.8. The summed E-state index contributed by atoms with van der Waals surface area (Å²) in [5.41, 5.74) is 1.00. The van der Waals surface area contributed by atoms with Gasteiger partial charge >= 0.3 is 0 Å². The maximum atomic E-state index is 12.2. The fraction of sp³-hybridized carbons (Fsp3) is 0.588. The predicted octanol–water partition coefficient (Wildman–Crippen LogP) is 1.88. The number of hydrogen-bond donors (Lipinski definition) is 2. The summed E-state index contributed by atoms with van der Waals surface area (Å²) in [5.74, 6) is 1.65. The Labute approximate surface area is 126 Å². The SMILES string of the molecule is CC(C)Oc1ccc(CCNC(=O)[C@]23C[C@H]2CCN3)cc1. The second-order valence-corrected chi connectivity index (χ2v) is 6.40. The number of nitrogens with one attached hydrogen (secondary N) is 2. The molecule has 2 atom stereocenters. The highest BCUT2D eigenvalue weighted by atomic mass is 16.5. The van der Waals surface area contributed by atoms with Gasteiger partial charge in [-0.25, -0.2) is 0 Å². The molecule has 1 aromatic carbocycles. The molecule has 0 spiro atoms. The van der Waals surface area contributed by atoms with Crippen molar-refractivity contribution in [3.05, 3.63) is 29.8 Å². The summed E-state index contributed by atoms with van der Waals surface area (Å²) >= 11 is 0. The van der Waals surface area contributed by atoms with Crippen molar-refractivity contribution < 1.29 is 9.53 Å². The number of benzene rings is 1. The number of hydrogen-bond acceptors (Lipinski definition) is 3. The molecule has 1 aliphatic heterocycles. The van der Waals surface area contributed by atoms with Crippen molar-refractivity contribution >= 4 is 5.91 Å². The summed E-state index contributed by atoms with van der Waals surface area (Å²) in [7, 11) is 0. The Bertz CT molecular complexity index is 512. The molecule has 21 heavy (non-hydrogen) atoms. The van der Waals surface area contributed by atoms with Gasteiger partial charge in [0.2, 0.25) is 5.91 Å². The molecule has 2 aliphatic rings. The molecule has 1 saturated carbocycles. The number of fused-ring (bicyclic) bond motifs is 1. The minimum absolute atomic E-state index is 0.185. The van der Waals surface area contributed by atoms with E-state index in [1.165, 1.54) is 5.56 Å². The molecule has 114 valence electrons. The van der Waals surface area contributed by atoms with Crippen molar-refractivity contribution in [3.8, 4) is 5.75 Å². The first kappa shape index (κ1) is 14.4. The van der Waals surface area contributed by atoms with Gasteiger partial charge in [0.25, 0.3) is 0 Å². The molecule has 2 N–H and O–H groups in total. The summed E-state index contributed by atoms with van der Waals surface area (Å²) in [6.45, 7) is 5.71. The van der Waals surface area contributed by atoms with Crippen LogP contribution >= 0.6 is 0 Å². The van der Waals surface area contributed by atoms with Gasteiger partial charge in [0, 0.05) is 6.54 Å². The van der Waals surface area contributed by atoms with Gasteiger partial charge in [0.05, 0.1) is 6.10 Å². The molecule has 0 aromatic heterocycles. The Morgan fingerprint density at radius 2 is 2.19 bits per heavy atom. The number of carbonyl (C=O) groups excluding carboxylic acids is 1. The molecular formula is C17H24N2O2. The first-order valence-electron chi connectivity index (χ1n) is 7.89. The van der Waals surface area contributed by atoms with Gasteiger partial charge < -0.3 is 15.4 Å². The average Bonchev–Trinajstić information content (AvgIpc) is 3.02. The van der Waals surface area contributed by atoms with Crippen LogP contribution in [0.25, 0.3) is 0 Å². The van der Waals surface area contributed by atoms with Crippen LogP contribution in [0.4, 0.5) is 0 Å². The Balaban J connectivity index is 1.44. The van der Waals surface area contributed by atoms with Crippen LogP contribution in [0.15, 0.2) is 24.3 Å². The van der Waals surface area contributed by atoms with Crippen LogP contribution < -0.4 is 15.4 Å². The van der Waals surface area contributed by atoms with Crippen molar-refractivity contribution in [1.29, 1.82) is 0 Å². The monoisotopic (exact) mass is 288 g/mol. The lowest BCUT2D eigenvalue weighted by Crippen LogP contribution is -2.45. The van der Waals surface area contributed by atoms with Gasteiger partial charge in [0.15, 0.2) is 0 Å². The van der Waals surface area contributed by atoms with E-state index in [4.69, 9.17) is 4.74 Å². The Kier molecular flexibility index (Phi) is 3.89. The van der Waals surface area contributed by atoms with E-state index in [1.807, 2.05) is 26.0 Å². The van der Waals surface area contributed by atoms with Crippen LogP contribution in [-0.2, 0) is 11.2 Å². The van der Waals surface area contributed by atoms with Crippen LogP contribution in [0.1, 0.15) is 32.3 Å². The van der Waals surface area contributed by atoms with Crippen molar-refractivity contribution in [2.75, 3.05) is 13.1 Å². The minimum atomic E-state index is -0.213. The van der Waals surface area contributed by atoms with Crippen molar-refractivity contribution in [3.63, 3.8) is 0 Å². The van der Waals surface area contributed by atoms with Crippen LogP contribution in [0.5, 0.6) is 5.75 Å². The Morgan fingerprint density at radius 1 is 1.43 bits per heavy atom. The quantitative estimate of drug-likeness (QED) is 0.840. The van der Waals surface area contributed by atoms with Crippen molar-refractivity contribution in [2.45, 2.75) is 44.8 Å². The molecule has 3 rings (SSSR count). The number of rotatable bonds is 6. The molecule has 2 fully saturated rings. The van der Waals surface area contributed by atoms with Crippen LogP contribution in [0.2, 0.25) is 0 Å². The molecule has 0 unspecified atom stereocenters. The molecule has 1 aliphatic carbocycles. The van der Waals surface area contributed by atoms with E-state index < -0.39 is 0 Å². The first-order chi connectivity index (χ1) is 10.1. The average molecular weight is 288 g/mol. The summed E-state index contributed by atoms with van der Waals surface area (Å²) in [6.07, 6.45) is 3.21. The van der Waals surface area contributed by atoms with E-state index in [2.05, 4.69) is 22.8 Å². The van der Waals surface area contributed by atoms with E-state index in [0.717, 1.165) is 31.6 Å². The van der Waals surface area contributed by atoms with Crippen molar-refractivity contribution in [1.82, 2.24) is 10.6 Å².